The van der Waals surface area contributed by atoms with E-state index in [-0.39, 0.29) is 0 Å². The minimum atomic E-state index is -0.696. The van der Waals surface area contributed by atoms with E-state index in [0.717, 1.165) is 25.1 Å². The minimum Gasteiger partial charge on any atom is -0.462 e. The van der Waals surface area contributed by atoms with Crippen molar-refractivity contribution in [3.05, 3.63) is 29.7 Å². The van der Waals surface area contributed by atoms with Crippen LogP contribution in [0.25, 0.3) is 11.1 Å². The summed E-state index contributed by atoms with van der Waals surface area (Å²) in [5.41, 5.74) is 7.59. The fourth-order valence-electron chi connectivity index (χ4n) is 2.54. The molecule has 0 saturated carbocycles. The zero-order valence-electron chi connectivity index (χ0n) is 11.0. The number of primary amides is 1. The lowest BCUT2D eigenvalue weighted by atomic mass is 10.1. The first-order chi connectivity index (χ1) is 9.63. The van der Waals surface area contributed by atoms with Crippen LogP contribution in [-0.4, -0.2) is 41.6 Å². The Labute approximate surface area is 115 Å². The van der Waals surface area contributed by atoms with E-state index < -0.39 is 12.1 Å². The van der Waals surface area contributed by atoms with Gasteiger partial charge in [-0.2, -0.15) is 0 Å². The third-order valence-corrected chi connectivity index (χ3v) is 3.67. The summed E-state index contributed by atoms with van der Waals surface area (Å²) in [5.74, 6) is -0.546. The van der Waals surface area contributed by atoms with Gasteiger partial charge in [-0.25, -0.2) is 4.39 Å². The molecule has 2 aromatic heterocycles. The minimum absolute atomic E-state index is 0.298. The number of alkyl halides is 1. The number of fused-ring (bicyclic) bond motifs is 1. The molecule has 20 heavy (non-hydrogen) atoms. The largest absolute Gasteiger partial charge is 0.462 e. The topological polar surface area (TPSA) is 72.4 Å². The van der Waals surface area contributed by atoms with Crippen molar-refractivity contribution in [3.63, 3.8) is 0 Å². The molecule has 1 aliphatic heterocycles. The van der Waals surface area contributed by atoms with Crippen molar-refractivity contribution in [2.75, 3.05) is 19.6 Å². The number of carbonyl (C=O) groups is 1. The van der Waals surface area contributed by atoms with Crippen molar-refractivity contribution < 1.29 is 13.6 Å². The fraction of sp³-hybridized carbons (Fsp3) is 0.429. The van der Waals surface area contributed by atoms with Crippen LogP contribution in [0.1, 0.15) is 22.3 Å². The summed E-state index contributed by atoms with van der Waals surface area (Å²) in [4.78, 5) is 17.5. The maximum absolute atomic E-state index is 13.1. The Morgan fingerprint density at radius 2 is 2.45 bits per heavy atom. The molecule has 1 atom stereocenters. The van der Waals surface area contributed by atoms with Gasteiger partial charge < -0.3 is 15.1 Å². The fourth-order valence-corrected chi connectivity index (χ4v) is 2.54. The highest BCUT2D eigenvalue weighted by atomic mass is 19.1. The van der Waals surface area contributed by atoms with Crippen LogP contribution in [0.15, 0.2) is 22.9 Å². The van der Waals surface area contributed by atoms with Gasteiger partial charge in [0.1, 0.15) is 23.5 Å². The number of rotatable bonds is 4. The zero-order chi connectivity index (χ0) is 14.1. The van der Waals surface area contributed by atoms with Crippen molar-refractivity contribution in [3.8, 4) is 0 Å². The van der Waals surface area contributed by atoms with Gasteiger partial charge in [0, 0.05) is 25.8 Å². The summed E-state index contributed by atoms with van der Waals surface area (Å²) >= 11 is 0. The SMILES string of the molecule is NC(=O)c1coc2cc(CCN3CC[C@@H](F)C3)cnc12. The first-order valence-corrected chi connectivity index (χ1v) is 6.66. The van der Waals surface area contributed by atoms with E-state index in [2.05, 4.69) is 9.88 Å². The maximum atomic E-state index is 13.1. The highest BCUT2D eigenvalue weighted by Gasteiger charge is 2.21. The second kappa shape index (κ2) is 5.20. The molecule has 0 bridgehead atoms. The molecule has 0 radical (unpaired) electrons. The van der Waals surface area contributed by atoms with E-state index in [4.69, 9.17) is 10.2 Å². The van der Waals surface area contributed by atoms with Gasteiger partial charge in [0.25, 0.3) is 5.91 Å². The van der Waals surface area contributed by atoms with Crippen LogP contribution in [0.2, 0.25) is 0 Å². The summed E-state index contributed by atoms with van der Waals surface area (Å²) in [5, 5.41) is 0. The number of nitrogens with zero attached hydrogens (tertiary/aromatic N) is 2. The standard InChI is InChI=1S/C14H16FN3O2/c15-10-2-4-18(7-10)3-1-9-5-12-13(17-6-9)11(8-20-12)14(16)19/h5-6,8,10H,1-4,7H2,(H2,16,19)/t10-/m1/s1. The van der Waals surface area contributed by atoms with Crippen molar-refractivity contribution in [2.45, 2.75) is 19.0 Å². The van der Waals surface area contributed by atoms with Crippen LogP contribution in [0.3, 0.4) is 0 Å². The van der Waals surface area contributed by atoms with E-state index in [1.165, 1.54) is 6.26 Å². The van der Waals surface area contributed by atoms with E-state index >= 15 is 0 Å². The highest BCUT2D eigenvalue weighted by Crippen LogP contribution is 2.20. The van der Waals surface area contributed by atoms with Crippen molar-refractivity contribution in [2.24, 2.45) is 5.73 Å². The summed E-state index contributed by atoms with van der Waals surface area (Å²) in [6.45, 7) is 2.13. The molecular weight excluding hydrogens is 261 g/mol. The number of carbonyl (C=O) groups excluding carboxylic acids is 1. The van der Waals surface area contributed by atoms with Gasteiger partial charge in [-0.1, -0.05) is 0 Å². The van der Waals surface area contributed by atoms with Gasteiger partial charge in [-0.05, 0) is 24.5 Å². The van der Waals surface area contributed by atoms with E-state index in [1.54, 1.807) is 6.20 Å². The Balaban J connectivity index is 1.71. The van der Waals surface area contributed by atoms with Gasteiger partial charge in [0.15, 0.2) is 5.58 Å². The number of furan rings is 1. The number of hydrogen-bond acceptors (Lipinski definition) is 4. The molecule has 1 saturated heterocycles. The lowest BCUT2D eigenvalue weighted by Crippen LogP contribution is -2.23. The second-order valence-electron chi connectivity index (χ2n) is 5.14. The Hall–Kier alpha value is -1.95. The van der Waals surface area contributed by atoms with Crippen molar-refractivity contribution in [1.29, 1.82) is 0 Å². The molecule has 3 heterocycles. The molecule has 0 spiro atoms. The number of amides is 1. The molecule has 3 rings (SSSR count). The molecule has 2 N–H and O–H groups in total. The number of pyridine rings is 1. The summed E-state index contributed by atoms with van der Waals surface area (Å²) in [6.07, 6.45) is 3.75. The number of hydrogen-bond donors (Lipinski definition) is 1. The molecule has 1 aliphatic rings. The van der Waals surface area contributed by atoms with E-state index in [9.17, 15) is 9.18 Å². The van der Waals surface area contributed by atoms with Crippen LogP contribution in [0.5, 0.6) is 0 Å². The van der Waals surface area contributed by atoms with Gasteiger partial charge in [0.05, 0.1) is 0 Å². The maximum Gasteiger partial charge on any atom is 0.254 e. The molecular formula is C14H16FN3O2. The Morgan fingerprint density at radius 3 is 3.15 bits per heavy atom. The molecule has 6 heteroatoms. The van der Waals surface area contributed by atoms with Gasteiger partial charge in [-0.3, -0.25) is 9.78 Å². The quantitative estimate of drug-likeness (QED) is 0.919. The monoisotopic (exact) mass is 277 g/mol. The van der Waals surface area contributed by atoms with Crippen LogP contribution in [0, 0.1) is 0 Å². The first kappa shape index (κ1) is 13.1. The average Bonchev–Trinajstić information content (AvgIpc) is 3.01. The molecule has 0 unspecified atom stereocenters. The second-order valence-corrected chi connectivity index (χ2v) is 5.14. The predicted molar refractivity (Wildman–Crippen MR) is 72.2 cm³/mol. The molecule has 0 aromatic carbocycles. The summed E-state index contributed by atoms with van der Waals surface area (Å²) < 4.78 is 18.4. The number of nitrogens with two attached hydrogens (primary N) is 1. The van der Waals surface area contributed by atoms with Crippen LogP contribution in [0.4, 0.5) is 4.39 Å². The van der Waals surface area contributed by atoms with Crippen molar-refractivity contribution >= 4 is 17.0 Å². The molecule has 1 fully saturated rings. The summed E-state index contributed by atoms with van der Waals surface area (Å²) in [7, 11) is 0. The first-order valence-electron chi connectivity index (χ1n) is 6.66. The van der Waals surface area contributed by atoms with E-state index in [0.29, 0.717) is 29.6 Å². The van der Waals surface area contributed by atoms with Crippen LogP contribution >= 0.6 is 0 Å². The zero-order valence-corrected chi connectivity index (χ0v) is 11.0. The third kappa shape index (κ3) is 2.51. The normalized spacial score (nSPS) is 19.8. The van der Waals surface area contributed by atoms with Gasteiger partial charge in [-0.15, -0.1) is 0 Å². The van der Waals surface area contributed by atoms with Crippen LogP contribution in [-0.2, 0) is 6.42 Å². The highest BCUT2D eigenvalue weighted by molar-refractivity contribution is 6.03. The molecule has 5 nitrogen and oxygen atoms in total. The Morgan fingerprint density at radius 1 is 1.60 bits per heavy atom. The number of halogens is 1. The lowest BCUT2D eigenvalue weighted by Gasteiger charge is -2.13. The smallest absolute Gasteiger partial charge is 0.254 e. The van der Waals surface area contributed by atoms with Gasteiger partial charge in [0.2, 0.25) is 0 Å². The summed E-state index contributed by atoms with van der Waals surface area (Å²) in [6, 6.07) is 1.86. The molecule has 1 amide bonds. The molecule has 0 aliphatic carbocycles. The molecule has 2 aromatic rings. The van der Waals surface area contributed by atoms with Crippen LogP contribution < -0.4 is 5.73 Å². The lowest BCUT2D eigenvalue weighted by molar-refractivity contribution is 0.100. The van der Waals surface area contributed by atoms with Gasteiger partial charge >= 0.3 is 0 Å². The van der Waals surface area contributed by atoms with E-state index in [1.807, 2.05) is 6.07 Å². The predicted octanol–water partition coefficient (Wildman–Crippen LogP) is 1.51. The Bertz CT molecular complexity index is 640. The number of likely N-dealkylation sites (tertiary alicyclic amines) is 1. The van der Waals surface area contributed by atoms with Crippen molar-refractivity contribution in [1.82, 2.24) is 9.88 Å². The number of aromatic nitrogens is 1. The Kier molecular flexibility index (Phi) is 3.40. The average molecular weight is 277 g/mol. The molecule has 106 valence electrons. The third-order valence-electron chi connectivity index (χ3n) is 3.67.